The van der Waals surface area contributed by atoms with Crippen molar-refractivity contribution in [2.75, 3.05) is 20.2 Å². The van der Waals surface area contributed by atoms with Crippen molar-refractivity contribution < 1.29 is 17.9 Å². The Bertz CT molecular complexity index is 710. The van der Waals surface area contributed by atoms with Crippen LogP contribution in [-0.2, 0) is 10.0 Å². The Morgan fingerprint density at radius 1 is 1.18 bits per heavy atom. The number of thiophene rings is 1. The van der Waals surface area contributed by atoms with Crippen molar-refractivity contribution in [3.8, 4) is 5.75 Å². The fourth-order valence-corrected chi connectivity index (χ4v) is 3.37. The van der Waals surface area contributed by atoms with Crippen LogP contribution in [0.25, 0.3) is 0 Å². The second kappa shape index (κ2) is 7.39. The van der Waals surface area contributed by atoms with Gasteiger partial charge in [-0.05, 0) is 35.7 Å². The zero-order chi connectivity index (χ0) is 16.0. The van der Waals surface area contributed by atoms with E-state index in [1.165, 1.54) is 30.6 Å². The first-order valence-electron chi connectivity index (χ1n) is 6.48. The zero-order valence-corrected chi connectivity index (χ0v) is 13.5. The number of rotatable bonds is 7. The van der Waals surface area contributed by atoms with Gasteiger partial charge >= 0.3 is 0 Å². The van der Waals surface area contributed by atoms with Crippen molar-refractivity contribution in [2.45, 2.75) is 4.90 Å². The van der Waals surface area contributed by atoms with E-state index in [0.717, 1.165) is 0 Å². The average molecular weight is 340 g/mol. The summed E-state index contributed by atoms with van der Waals surface area (Å²) in [5.74, 6) is 0.376. The highest BCUT2D eigenvalue weighted by Crippen LogP contribution is 2.15. The molecule has 1 heterocycles. The second-order valence-corrected chi connectivity index (χ2v) is 7.02. The first-order valence-corrected chi connectivity index (χ1v) is 8.84. The van der Waals surface area contributed by atoms with E-state index in [1.807, 2.05) is 0 Å². The Morgan fingerprint density at radius 3 is 2.50 bits per heavy atom. The van der Waals surface area contributed by atoms with Gasteiger partial charge in [0, 0.05) is 13.1 Å². The lowest BCUT2D eigenvalue weighted by molar-refractivity contribution is 0.0958. The van der Waals surface area contributed by atoms with Crippen molar-refractivity contribution in [3.05, 3.63) is 46.7 Å². The predicted octanol–water partition coefficient (Wildman–Crippen LogP) is 1.47. The number of carbonyl (C=O) groups is 1. The lowest BCUT2D eigenvalue weighted by Crippen LogP contribution is -2.34. The van der Waals surface area contributed by atoms with Crippen LogP contribution < -0.4 is 14.8 Å². The summed E-state index contributed by atoms with van der Waals surface area (Å²) in [6.07, 6.45) is 0. The Hall–Kier alpha value is -1.90. The van der Waals surface area contributed by atoms with Crippen LogP contribution >= 0.6 is 11.3 Å². The van der Waals surface area contributed by atoms with E-state index in [-0.39, 0.29) is 23.9 Å². The van der Waals surface area contributed by atoms with Crippen LogP contribution in [0.1, 0.15) is 9.67 Å². The Labute approximate surface area is 133 Å². The largest absolute Gasteiger partial charge is 0.497 e. The maximum absolute atomic E-state index is 12.0. The highest BCUT2D eigenvalue weighted by Gasteiger charge is 2.13. The molecular formula is C14H16N2O4S2. The van der Waals surface area contributed by atoms with Crippen LogP contribution in [0.4, 0.5) is 0 Å². The monoisotopic (exact) mass is 340 g/mol. The van der Waals surface area contributed by atoms with E-state index in [1.54, 1.807) is 29.6 Å². The molecule has 0 bridgehead atoms. The molecule has 2 N–H and O–H groups in total. The van der Waals surface area contributed by atoms with Crippen LogP contribution in [0.5, 0.6) is 5.75 Å². The summed E-state index contributed by atoms with van der Waals surface area (Å²) >= 11 is 1.33. The van der Waals surface area contributed by atoms with Crippen LogP contribution in [-0.4, -0.2) is 34.5 Å². The zero-order valence-electron chi connectivity index (χ0n) is 11.9. The van der Waals surface area contributed by atoms with Crippen molar-refractivity contribution in [3.63, 3.8) is 0 Å². The molecule has 0 radical (unpaired) electrons. The number of nitrogens with one attached hydrogen (secondary N) is 2. The summed E-state index contributed by atoms with van der Waals surface area (Å²) in [4.78, 5) is 12.4. The molecule has 0 aliphatic heterocycles. The third-order valence-corrected chi connectivity index (χ3v) is 5.16. The van der Waals surface area contributed by atoms with Crippen molar-refractivity contribution in [1.82, 2.24) is 10.0 Å². The molecule has 0 aliphatic carbocycles. The summed E-state index contributed by atoms with van der Waals surface area (Å²) in [7, 11) is -2.08. The molecular weight excluding hydrogens is 324 g/mol. The molecule has 0 spiro atoms. The number of ether oxygens (including phenoxy) is 1. The Kier molecular flexibility index (Phi) is 5.53. The molecule has 1 amide bonds. The SMILES string of the molecule is COc1ccc(S(=O)(=O)NCCNC(=O)c2cccs2)cc1. The van der Waals surface area contributed by atoms with Gasteiger partial charge in [0.25, 0.3) is 5.91 Å². The molecule has 0 atom stereocenters. The molecule has 0 unspecified atom stereocenters. The lowest BCUT2D eigenvalue weighted by Gasteiger charge is -2.08. The Balaban J connectivity index is 1.83. The van der Waals surface area contributed by atoms with Gasteiger partial charge in [0.05, 0.1) is 16.9 Å². The molecule has 8 heteroatoms. The van der Waals surface area contributed by atoms with Gasteiger partial charge in [-0.1, -0.05) is 6.07 Å². The van der Waals surface area contributed by atoms with Crippen molar-refractivity contribution >= 4 is 27.3 Å². The number of benzene rings is 1. The van der Waals surface area contributed by atoms with Crippen molar-refractivity contribution in [2.24, 2.45) is 0 Å². The third-order valence-electron chi connectivity index (χ3n) is 2.82. The van der Waals surface area contributed by atoms with Gasteiger partial charge < -0.3 is 10.1 Å². The van der Waals surface area contributed by atoms with Gasteiger partial charge in [0.15, 0.2) is 0 Å². The van der Waals surface area contributed by atoms with Gasteiger partial charge in [-0.3, -0.25) is 4.79 Å². The van der Waals surface area contributed by atoms with Crippen LogP contribution in [0.15, 0.2) is 46.7 Å². The highest BCUT2D eigenvalue weighted by atomic mass is 32.2. The van der Waals surface area contributed by atoms with Crippen molar-refractivity contribution in [1.29, 1.82) is 0 Å². The van der Waals surface area contributed by atoms with E-state index in [0.29, 0.717) is 10.6 Å². The van der Waals surface area contributed by atoms with Gasteiger partial charge in [0.2, 0.25) is 10.0 Å². The van der Waals surface area contributed by atoms with Gasteiger partial charge in [-0.25, -0.2) is 13.1 Å². The summed E-state index contributed by atoms with van der Waals surface area (Å²) < 4.78 is 31.5. The van der Waals surface area contributed by atoms with Gasteiger partial charge in [0.1, 0.15) is 5.75 Å². The number of amides is 1. The minimum atomic E-state index is -3.59. The topological polar surface area (TPSA) is 84.5 Å². The molecule has 0 aliphatic rings. The van der Waals surface area contributed by atoms with Crippen LogP contribution in [0, 0.1) is 0 Å². The number of hydrogen-bond donors (Lipinski definition) is 2. The van der Waals surface area contributed by atoms with Gasteiger partial charge in [-0.2, -0.15) is 0 Å². The summed E-state index contributed by atoms with van der Waals surface area (Å²) in [6.45, 7) is 0.331. The van der Waals surface area contributed by atoms with Gasteiger partial charge in [-0.15, -0.1) is 11.3 Å². The molecule has 0 fully saturated rings. The van der Waals surface area contributed by atoms with E-state index >= 15 is 0 Å². The first-order chi connectivity index (χ1) is 10.5. The molecule has 118 valence electrons. The minimum absolute atomic E-state index is 0.117. The average Bonchev–Trinajstić information content (AvgIpc) is 3.06. The maximum atomic E-state index is 12.0. The van der Waals surface area contributed by atoms with E-state index in [4.69, 9.17) is 4.74 Å². The smallest absolute Gasteiger partial charge is 0.261 e. The Morgan fingerprint density at radius 2 is 1.91 bits per heavy atom. The number of carbonyl (C=O) groups excluding carboxylic acids is 1. The lowest BCUT2D eigenvalue weighted by atomic mass is 10.3. The molecule has 22 heavy (non-hydrogen) atoms. The quantitative estimate of drug-likeness (QED) is 0.748. The van der Waals surface area contributed by atoms with Crippen LogP contribution in [0.3, 0.4) is 0 Å². The number of methoxy groups -OCH3 is 1. The normalized spacial score (nSPS) is 11.1. The number of hydrogen-bond acceptors (Lipinski definition) is 5. The summed E-state index contributed by atoms with van der Waals surface area (Å²) in [5, 5.41) is 4.46. The summed E-state index contributed by atoms with van der Waals surface area (Å²) in [6, 6.07) is 9.57. The van der Waals surface area contributed by atoms with E-state index in [2.05, 4.69) is 10.0 Å². The third kappa shape index (κ3) is 4.30. The fraction of sp³-hybridized carbons (Fsp3) is 0.214. The predicted molar refractivity (Wildman–Crippen MR) is 84.8 cm³/mol. The van der Waals surface area contributed by atoms with Crippen LogP contribution in [0.2, 0.25) is 0 Å². The summed E-state index contributed by atoms with van der Waals surface area (Å²) in [5.41, 5.74) is 0. The number of sulfonamides is 1. The van der Waals surface area contributed by atoms with E-state index in [9.17, 15) is 13.2 Å². The molecule has 0 saturated heterocycles. The maximum Gasteiger partial charge on any atom is 0.261 e. The molecule has 6 nitrogen and oxygen atoms in total. The minimum Gasteiger partial charge on any atom is -0.497 e. The molecule has 1 aromatic carbocycles. The molecule has 0 saturated carbocycles. The standard InChI is InChI=1S/C14H16N2O4S2/c1-20-11-4-6-12(7-5-11)22(18,19)16-9-8-15-14(17)13-3-2-10-21-13/h2-7,10,16H,8-9H2,1H3,(H,15,17). The molecule has 1 aromatic heterocycles. The molecule has 2 rings (SSSR count). The van der Waals surface area contributed by atoms with E-state index < -0.39 is 10.0 Å². The molecule has 2 aromatic rings. The second-order valence-electron chi connectivity index (χ2n) is 4.31. The highest BCUT2D eigenvalue weighted by molar-refractivity contribution is 7.89. The first kappa shape index (κ1) is 16.5. The fourth-order valence-electron chi connectivity index (χ4n) is 1.69.